The van der Waals surface area contributed by atoms with Crippen molar-refractivity contribution in [1.29, 1.82) is 0 Å². The number of aryl methyl sites for hydroxylation is 1. The molecular weight excluding hydrogens is 322 g/mol. The van der Waals surface area contributed by atoms with E-state index < -0.39 is 5.60 Å². The second kappa shape index (κ2) is 6.62. The first kappa shape index (κ1) is 17.1. The zero-order chi connectivity index (χ0) is 18.0. The van der Waals surface area contributed by atoms with Crippen molar-refractivity contribution in [2.45, 2.75) is 39.5 Å². The molecule has 3 rings (SSSR count). The highest BCUT2D eigenvalue weighted by molar-refractivity contribution is 5.87. The average Bonchev–Trinajstić information content (AvgIpc) is 2.96. The SMILES string of the molecule is CCn1cnc(NC(=O)N2Cc3ccc(OC)cc3OC(C)(C)C2)n1. The minimum absolute atomic E-state index is 0.255. The van der Waals surface area contributed by atoms with Crippen LogP contribution in [0.2, 0.25) is 0 Å². The normalized spacial score (nSPS) is 15.8. The minimum Gasteiger partial charge on any atom is -0.497 e. The number of methoxy groups -OCH3 is 1. The standard InChI is InChI=1S/C17H23N5O3/c1-5-22-11-18-15(20-22)19-16(23)21-9-12-6-7-13(24-4)8-14(12)25-17(2,3)10-21/h6-8,11H,5,9-10H2,1-4H3,(H,19,20,23). The van der Waals surface area contributed by atoms with Crippen molar-refractivity contribution in [2.75, 3.05) is 19.0 Å². The summed E-state index contributed by atoms with van der Waals surface area (Å²) in [6.07, 6.45) is 1.59. The van der Waals surface area contributed by atoms with E-state index in [1.807, 2.05) is 39.0 Å². The van der Waals surface area contributed by atoms with Crippen LogP contribution in [0.15, 0.2) is 24.5 Å². The number of aromatic nitrogens is 3. The van der Waals surface area contributed by atoms with Crippen molar-refractivity contribution in [2.24, 2.45) is 0 Å². The quantitative estimate of drug-likeness (QED) is 0.924. The predicted octanol–water partition coefficient (Wildman–Crippen LogP) is 2.51. The molecule has 0 radical (unpaired) electrons. The molecule has 1 aromatic carbocycles. The van der Waals surface area contributed by atoms with Crippen molar-refractivity contribution < 1.29 is 14.3 Å². The van der Waals surface area contributed by atoms with Crippen LogP contribution in [0.25, 0.3) is 0 Å². The van der Waals surface area contributed by atoms with Gasteiger partial charge in [0.25, 0.3) is 0 Å². The molecule has 0 spiro atoms. The Morgan fingerprint density at radius 1 is 1.44 bits per heavy atom. The summed E-state index contributed by atoms with van der Waals surface area (Å²) in [6, 6.07) is 5.37. The first-order valence-electron chi connectivity index (χ1n) is 8.21. The number of nitrogens with one attached hydrogen (secondary N) is 1. The molecule has 134 valence electrons. The molecule has 0 saturated carbocycles. The number of nitrogens with zero attached hydrogens (tertiary/aromatic N) is 4. The van der Waals surface area contributed by atoms with Gasteiger partial charge in [-0.05, 0) is 32.9 Å². The van der Waals surface area contributed by atoms with E-state index in [4.69, 9.17) is 9.47 Å². The molecule has 0 unspecified atom stereocenters. The number of benzene rings is 1. The molecule has 1 aliphatic rings. The number of ether oxygens (including phenoxy) is 2. The summed E-state index contributed by atoms with van der Waals surface area (Å²) < 4.78 is 13.0. The maximum atomic E-state index is 12.7. The smallest absolute Gasteiger partial charge is 0.324 e. The zero-order valence-corrected chi connectivity index (χ0v) is 14.9. The number of amides is 2. The van der Waals surface area contributed by atoms with E-state index in [9.17, 15) is 4.79 Å². The number of rotatable bonds is 3. The molecule has 0 atom stereocenters. The molecule has 1 N–H and O–H groups in total. The lowest BCUT2D eigenvalue weighted by molar-refractivity contribution is 0.0832. The Labute approximate surface area is 146 Å². The summed E-state index contributed by atoms with van der Waals surface area (Å²) in [5.74, 6) is 1.75. The molecule has 8 heteroatoms. The zero-order valence-electron chi connectivity index (χ0n) is 14.9. The molecule has 1 aliphatic heterocycles. The van der Waals surface area contributed by atoms with Gasteiger partial charge in [0.2, 0.25) is 5.95 Å². The van der Waals surface area contributed by atoms with Crippen LogP contribution in [-0.4, -0.2) is 45.0 Å². The van der Waals surface area contributed by atoms with Crippen molar-refractivity contribution >= 4 is 12.0 Å². The Bertz CT molecular complexity index is 771. The van der Waals surface area contributed by atoms with Gasteiger partial charge in [-0.1, -0.05) is 0 Å². The fourth-order valence-electron chi connectivity index (χ4n) is 2.76. The molecule has 2 heterocycles. The highest BCUT2D eigenvalue weighted by Gasteiger charge is 2.32. The Kier molecular flexibility index (Phi) is 4.52. The molecule has 0 fully saturated rings. The highest BCUT2D eigenvalue weighted by atomic mass is 16.5. The van der Waals surface area contributed by atoms with E-state index in [0.717, 1.165) is 17.1 Å². The van der Waals surface area contributed by atoms with Crippen LogP contribution in [0.4, 0.5) is 10.7 Å². The third kappa shape index (κ3) is 3.84. The maximum Gasteiger partial charge on any atom is 0.324 e. The lowest BCUT2D eigenvalue weighted by Crippen LogP contribution is -2.45. The second-order valence-electron chi connectivity index (χ2n) is 6.55. The van der Waals surface area contributed by atoms with Crippen LogP contribution >= 0.6 is 0 Å². The van der Waals surface area contributed by atoms with Crippen molar-refractivity contribution in [1.82, 2.24) is 19.7 Å². The van der Waals surface area contributed by atoms with Crippen molar-refractivity contribution in [3.63, 3.8) is 0 Å². The van der Waals surface area contributed by atoms with Crippen LogP contribution < -0.4 is 14.8 Å². The number of hydrogen-bond donors (Lipinski definition) is 1. The third-order valence-electron chi connectivity index (χ3n) is 3.96. The van der Waals surface area contributed by atoms with Gasteiger partial charge < -0.3 is 14.4 Å². The lowest BCUT2D eigenvalue weighted by Gasteiger charge is -2.29. The van der Waals surface area contributed by atoms with Gasteiger partial charge >= 0.3 is 6.03 Å². The van der Waals surface area contributed by atoms with Crippen LogP contribution in [0, 0.1) is 0 Å². The van der Waals surface area contributed by atoms with Gasteiger partial charge in [0.1, 0.15) is 23.4 Å². The van der Waals surface area contributed by atoms with E-state index in [0.29, 0.717) is 25.6 Å². The second-order valence-corrected chi connectivity index (χ2v) is 6.55. The van der Waals surface area contributed by atoms with Crippen LogP contribution in [0.1, 0.15) is 26.3 Å². The van der Waals surface area contributed by atoms with E-state index in [1.165, 1.54) is 0 Å². The van der Waals surface area contributed by atoms with Gasteiger partial charge in [-0.25, -0.2) is 9.78 Å². The lowest BCUT2D eigenvalue weighted by atomic mass is 10.1. The van der Waals surface area contributed by atoms with Gasteiger partial charge in [0, 0.05) is 18.2 Å². The van der Waals surface area contributed by atoms with Crippen molar-refractivity contribution in [3.8, 4) is 11.5 Å². The molecule has 0 saturated heterocycles. The Balaban J connectivity index is 1.81. The van der Waals surface area contributed by atoms with E-state index in [2.05, 4.69) is 15.4 Å². The largest absolute Gasteiger partial charge is 0.497 e. The number of carbonyl (C=O) groups excluding carboxylic acids is 1. The summed E-state index contributed by atoms with van der Waals surface area (Å²) in [6.45, 7) is 7.42. The number of fused-ring (bicyclic) bond motifs is 1. The van der Waals surface area contributed by atoms with Crippen LogP contribution in [0.5, 0.6) is 11.5 Å². The molecule has 8 nitrogen and oxygen atoms in total. The monoisotopic (exact) mass is 345 g/mol. The van der Waals surface area contributed by atoms with Crippen molar-refractivity contribution in [3.05, 3.63) is 30.1 Å². The van der Waals surface area contributed by atoms with E-state index in [-0.39, 0.29) is 6.03 Å². The van der Waals surface area contributed by atoms with Gasteiger partial charge in [-0.15, -0.1) is 5.10 Å². The van der Waals surface area contributed by atoms with E-state index in [1.54, 1.807) is 23.0 Å². The third-order valence-corrected chi connectivity index (χ3v) is 3.96. The Morgan fingerprint density at radius 3 is 2.92 bits per heavy atom. The molecule has 25 heavy (non-hydrogen) atoms. The molecule has 0 bridgehead atoms. The maximum absolute atomic E-state index is 12.7. The molecule has 2 amide bonds. The fraction of sp³-hybridized carbons (Fsp3) is 0.471. The van der Waals surface area contributed by atoms with Gasteiger partial charge in [0.05, 0.1) is 20.2 Å². The average molecular weight is 345 g/mol. The minimum atomic E-state index is -0.537. The predicted molar refractivity (Wildman–Crippen MR) is 92.8 cm³/mol. The fourth-order valence-corrected chi connectivity index (χ4v) is 2.76. The summed E-state index contributed by atoms with van der Waals surface area (Å²) in [5.41, 5.74) is 0.388. The summed E-state index contributed by atoms with van der Waals surface area (Å²) in [4.78, 5) is 18.5. The first-order chi connectivity index (χ1) is 11.9. The first-order valence-corrected chi connectivity index (χ1v) is 8.21. The summed E-state index contributed by atoms with van der Waals surface area (Å²) >= 11 is 0. The Hall–Kier alpha value is -2.77. The number of anilines is 1. The highest BCUT2D eigenvalue weighted by Crippen LogP contribution is 2.32. The van der Waals surface area contributed by atoms with Crippen LogP contribution in [0.3, 0.4) is 0 Å². The number of hydrogen-bond acceptors (Lipinski definition) is 5. The van der Waals surface area contributed by atoms with Gasteiger partial charge in [-0.2, -0.15) is 0 Å². The molecular formula is C17H23N5O3. The number of urea groups is 1. The summed E-state index contributed by atoms with van der Waals surface area (Å²) in [5, 5.41) is 6.94. The molecule has 1 aromatic heterocycles. The molecule has 2 aromatic rings. The van der Waals surface area contributed by atoms with Gasteiger partial charge in [-0.3, -0.25) is 10.00 Å². The Morgan fingerprint density at radius 2 is 2.24 bits per heavy atom. The number of carbonyl (C=O) groups is 1. The molecule has 0 aliphatic carbocycles. The van der Waals surface area contributed by atoms with Crippen LogP contribution in [-0.2, 0) is 13.1 Å². The summed E-state index contributed by atoms with van der Waals surface area (Å²) in [7, 11) is 1.62. The van der Waals surface area contributed by atoms with E-state index >= 15 is 0 Å². The topological polar surface area (TPSA) is 81.5 Å². The van der Waals surface area contributed by atoms with Gasteiger partial charge in [0.15, 0.2) is 0 Å².